The second-order valence-corrected chi connectivity index (χ2v) is 5.01. The monoisotopic (exact) mass is 299 g/mol. The first-order chi connectivity index (χ1) is 10.8. The molecular weight excluding hydrogens is 278 g/mol. The molecule has 0 aliphatic carbocycles. The van der Waals surface area contributed by atoms with Crippen LogP contribution in [0.3, 0.4) is 0 Å². The summed E-state index contributed by atoms with van der Waals surface area (Å²) in [4.78, 5) is 12.3. The number of hydrogen-bond acceptors (Lipinski definition) is 4. The van der Waals surface area contributed by atoms with Gasteiger partial charge in [0.1, 0.15) is 12.6 Å². The molecule has 0 radical (unpaired) electrons. The maximum absolute atomic E-state index is 12.3. The molecule has 4 heteroatoms. The molecule has 0 saturated carbocycles. The summed E-state index contributed by atoms with van der Waals surface area (Å²) >= 11 is 0. The lowest BCUT2D eigenvalue weighted by Gasteiger charge is -2.17. The van der Waals surface area contributed by atoms with Crippen molar-refractivity contribution in [3.05, 3.63) is 71.8 Å². The summed E-state index contributed by atoms with van der Waals surface area (Å²) in [5, 5.41) is 12.0. The Kier molecular flexibility index (Phi) is 6.61. The molecule has 2 aromatic carbocycles. The number of ether oxygens (including phenoxy) is 1. The van der Waals surface area contributed by atoms with Crippen LogP contribution in [0.2, 0.25) is 0 Å². The Balaban J connectivity index is 1.93. The molecule has 0 fully saturated rings. The molecule has 0 aromatic heterocycles. The smallest absolute Gasteiger partial charge is 0.323 e. The number of benzene rings is 2. The van der Waals surface area contributed by atoms with Gasteiger partial charge in [-0.15, -0.1) is 0 Å². The van der Waals surface area contributed by atoms with E-state index in [0.717, 1.165) is 11.1 Å². The van der Waals surface area contributed by atoms with Crippen LogP contribution in [0.1, 0.15) is 11.1 Å². The predicted octanol–water partition coefficient (Wildman–Crippen LogP) is 1.92. The molecule has 116 valence electrons. The summed E-state index contributed by atoms with van der Waals surface area (Å²) in [7, 11) is 0. The van der Waals surface area contributed by atoms with Gasteiger partial charge in [0.05, 0.1) is 6.61 Å². The summed E-state index contributed by atoms with van der Waals surface area (Å²) < 4.78 is 5.38. The van der Waals surface area contributed by atoms with Crippen LogP contribution in [-0.4, -0.2) is 30.3 Å². The first kappa shape index (κ1) is 16.2. The van der Waals surface area contributed by atoms with Crippen LogP contribution < -0.4 is 5.32 Å². The van der Waals surface area contributed by atoms with E-state index in [1.165, 1.54) is 0 Å². The Labute approximate surface area is 130 Å². The second kappa shape index (κ2) is 8.97. The van der Waals surface area contributed by atoms with E-state index in [0.29, 0.717) is 13.0 Å². The summed E-state index contributed by atoms with van der Waals surface area (Å²) in [6.45, 7) is 0.598. The molecule has 0 spiro atoms. The minimum absolute atomic E-state index is 0.0166. The topological polar surface area (TPSA) is 58.6 Å². The highest BCUT2D eigenvalue weighted by atomic mass is 16.5. The van der Waals surface area contributed by atoms with Crippen LogP contribution >= 0.6 is 0 Å². The van der Waals surface area contributed by atoms with Gasteiger partial charge in [-0.3, -0.25) is 4.79 Å². The fraction of sp³-hybridized carbons (Fsp3) is 0.278. The average molecular weight is 299 g/mol. The number of aliphatic hydroxyl groups is 1. The number of hydrogen-bond donors (Lipinski definition) is 2. The molecule has 0 amide bonds. The van der Waals surface area contributed by atoms with Gasteiger partial charge < -0.3 is 15.2 Å². The average Bonchev–Trinajstić information content (AvgIpc) is 2.58. The molecule has 4 nitrogen and oxygen atoms in total. The maximum Gasteiger partial charge on any atom is 0.323 e. The van der Waals surface area contributed by atoms with E-state index < -0.39 is 6.04 Å². The van der Waals surface area contributed by atoms with Crippen molar-refractivity contribution in [1.29, 1.82) is 0 Å². The molecule has 1 unspecified atom stereocenters. The molecular formula is C18H21NO3. The van der Waals surface area contributed by atoms with Crippen LogP contribution in [-0.2, 0) is 22.6 Å². The Morgan fingerprint density at radius 1 is 1.00 bits per heavy atom. The van der Waals surface area contributed by atoms with Crippen LogP contribution in [0.25, 0.3) is 0 Å². The molecule has 2 aromatic rings. The Morgan fingerprint density at radius 2 is 1.59 bits per heavy atom. The zero-order chi connectivity index (χ0) is 15.6. The lowest BCUT2D eigenvalue weighted by atomic mass is 10.1. The minimum Gasteiger partial charge on any atom is -0.460 e. The number of carbonyl (C=O) groups excluding carboxylic acids is 1. The fourth-order valence-corrected chi connectivity index (χ4v) is 2.16. The Morgan fingerprint density at radius 3 is 2.18 bits per heavy atom. The quantitative estimate of drug-likeness (QED) is 0.731. The van der Waals surface area contributed by atoms with Gasteiger partial charge in [-0.25, -0.2) is 0 Å². The normalized spacial score (nSPS) is 11.9. The first-order valence-corrected chi connectivity index (χ1v) is 7.38. The zero-order valence-corrected chi connectivity index (χ0v) is 12.4. The highest BCUT2D eigenvalue weighted by Crippen LogP contribution is 2.07. The largest absolute Gasteiger partial charge is 0.460 e. The van der Waals surface area contributed by atoms with Crippen molar-refractivity contribution >= 4 is 5.97 Å². The SMILES string of the molecule is O=C(OCc1ccccc1)C(Cc1ccccc1)NCCO. The third-order valence-electron chi connectivity index (χ3n) is 3.29. The molecule has 0 heterocycles. The third kappa shape index (κ3) is 5.31. The minimum atomic E-state index is -0.460. The summed E-state index contributed by atoms with van der Waals surface area (Å²) in [6, 6.07) is 18.9. The number of carbonyl (C=O) groups is 1. The predicted molar refractivity (Wildman–Crippen MR) is 85.3 cm³/mol. The van der Waals surface area contributed by atoms with Crippen molar-refractivity contribution in [2.75, 3.05) is 13.2 Å². The molecule has 22 heavy (non-hydrogen) atoms. The van der Waals surface area contributed by atoms with Crippen LogP contribution in [0.15, 0.2) is 60.7 Å². The van der Waals surface area contributed by atoms with Gasteiger partial charge in [0.25, 0.3) is 0 Å². The standard InChI is InChI=1S/C18H21NO3/c20-12-11-19-17(13-15-7-3-1-4-8-15)18(21)22-14-16-9-5-2-6-10-16/h1-10,17,19-20H,11-14H2. The van der Waals surface area contributed by atoms with Crippen LogP contribution in [0, 0.1) is 0 Å². The molecule has 0 aliphatic heterocycles. The third-order valence-corrected chi connectivity index (χ3v) is 3.29. The first-order valence-electron chi connectivity index (χ1n) is 7.38. The van der Waals surface area contributed by atoms with Crippen molar-refractivity contribution in [1.82, 2.24) is 5.32 Å². The second-order valence-electron chi connectivity index (χ2n) is 5.01. The maximum atomic E-state index is 12.3. The highest BCUT2D eigenvalue weighted by Gasteiger charge is 2.19. The summed E-state index contributed by atoms with van der Waals surface area (Å²) in [5.41, 5.74) is 2.01. The zero-order valence-electron chi connectivity index (χ0n) is 12.4. The number of aliphatic hydroxyl groups excluding tert-OH is 1. The van der Waals surface area contributed by atoms with Gasteiger partial charge in [-0.05, 0) is 17.5 Å². The van der Waals surface area contributed by atoms with Gasteiger partial charge >= 0.3 is 5.97 Å². The lowest BCUT2D eigenvalue weighted by molar-refractivity contribution is -0.147. The number of esters is 1. The Bertz CT molecular complexity index is 557. The van der Waals surface area contributed by atoms with E-state index in [-0.39, 0.29) is 19.2 Å². The molecule has 2 N–H and O–H groups in total. The highest BCUT2D eigenvalue weighted by molar-refractivity contribution is 5.76. The van der Waals surface area contributed by atoms with Gasteiger partial charge in [0.15, 0.2) is 0 Å². The van der Waals surface area contributed by atoms with Crippen molar-refractivity contribution in [2.24, 2.45) is 0 Å². The summed E-state index contributed by atoms with van der Waals surface area (Å²) in [5.74, 6) is -0.304. The summed E-state index contributed by atoms with van der Waals surface area (Å²) in [6.07, 6.45) is 0.536. The molecule has 1 atom stereocenters. The van der Waals surface area contributed by atoms with E-state index in [1.807, 2.05) is 60.7 Å². The van der Waals surface area contributed by atoms with Crippen LogP contribution in [0.4, 0.5) is 0 Å². The van der Waals surface area contributed by atoms with Gasteiger partial charge in [-0.2, -0.15) is 0 Å². The van der Waals surface area contributed by atoms with Crippen LogP contribution in [0.5, 0.6) is 0 Å². The van der Waals surface area contributed by atoms with Crippen molar-refractivity contribution < 1.29 is 14.6 Å². The van der Waals surface area contributed by atoms with E-state index in [4.69, 9.17) is 9.84 Å². The van der Waals surface area contributed by atoms with E-state index in [2.05, 4.69) is 5.32 Å². The van der Waals surface area contributed by atoms with Gasteiger partial charge in [0, 0.05) is 6.54 Å². The number of nitrogens with one attached hydrogen (secondary N) is 1. The fourth-order valence-electron chi connectivity index (χ4n) is 2.16. The molecule has 0 saturated heterocycles. The van der Waals surface area contributed by atoms with E-state index in [1.54, 1.807) is 0 Å². The van der Waals surface area contributed by atoms with E-state index in [9.17, 15) is 4.79 Å². The van der Waals surface area contributed by atoms with Crippen molar-refractivity contribution in [2.45, 2.75) is 19.1 Å². The Hall–Kier alpha value is -2.17. The lowest BCUT2D eigenvalue weighted by Crippen LogP contribution is -2.41. The van der Waals surface area contributed by atoms with E-state index >= 15 is 0 Å². The molecule has 0 bridgehead atoms. The number of rotatable bonds is 8. The van der Waals surface area contributed by atoms with Gasteiger partial charge in [-0.1, -0.05) is 60.7 Å². The molecule has 0 aliphatic rings. The van der Waals surface area contributed by atoms with Gasteiger partial charge in [0.2, 0.25) is 0 Å². The van der Waals surface area contributed by atoms with Crippen molar-refractivity contribution in [3.8, 4) is 0 Å². The van der Waals surface area contributed by atoms with Crippen molar-refractivity contribution in [3.63, 3.8) is 0 Å². The molecule has 2 rings (SSSR count).